The third-order valence-electron chi connectivity index (χ3n) is 1.70. The smallest absolute Gasteiger partial charge is 0.169 e. The molecule has 0 heterocycles. The van der Waals surface area contributed by atoms with Crippen molar-refractivity contribution in [3.8, 4) is 5.75 Å². The Morgan fingerprint density at radius 2 is 1.87 bits per heavy atom. The van der Waals surface area contributed by atoms with Gasteiger partial charge in [-0.05, 0) is 19.1 Å². The van der Waals surface area contributed by atoms with Crippen molar-refractivity contribution in [2.75, 3.05) is 12.8 Å². The standard InChI is InChI=1S/C8H10FNO.C2H4N2/c1-5-6(10)3-4-7(11-2)8(5)9;3-1-2-4/h3-4H,10H2,1-2H3;1-4H. The summed E-state index contributed by atoms with van der Waals surface area (Å²) in [5, 5.41) is 12.2. The average Bonchev–Trinajstić information content (AvgIpc) is 2.27. The molecule has 0 aliphatic rings. The molecular weight excluding hydrogens is 197 g/mol. The summed E-state index contributed by atoms with van der Waals surface area (Å²) in [7, 11) is 1.42. The largest absolute Gasteiger partial charge is 0.494 e. The zero-order valence-corrected chi connectivity index (χ0v) is 8.67. The summed E-state index contributed by atoms with van der Waals surface area (Å²) in [5.41, 5.74) is 6.33. The highest BCUT2D eigenvalue weighted by Crippen LogP contribution is 2.23. The first-order valence-electron chi connectivity index (χ1n) is 4.16. The fourth-order valence-electron chi connectivity index (χ4n) is 0.833. The summed E-state index contributed by atoms with van der Waals surface area (Å²) in [6, 6.07) is 3.13. The van der Waals surface area contributed by atoms with E-state index in [0.717, 1.165) is 12.4 Å². The number of ether oxygens (including phenoxy) is 1. The van der Waals surface area contributed by atoms with Crippen LogP contribution in [0, 0.1) is 23.6 Å². The average molecular weight is 211 g/mol. The van der Waals surface area contributed by atoms with Crippen LogP contribution in [0.15, 0.2) is 12.1 Å². The molecule has 0 atom stereocenters. The van der Waals surface area contributed by atoms with Crippen molar-refractivity contribution in [2.45, 2.75) is 6.92 Å². The van der Waals surface area contributed by atoms with E-state index in [4.69, 9.17) is 21.3 Å². The van der Waals surface area contributed by atoms with Gasteiger partial charge in [-0.2, -0.15) is 0 Å². The van der Waals surface area contributed by atoms with Gasteiger partial charge in [0.05, 0.1) is 7.11 Å². The predicted octanol–water partition coefficient (Wildman–Crippen LogP) is 2.01. The minimum atomic E-state index is -0.382. The molecule has 1 rings (SSSR count). The quantitative estimate of drug-likeness (QED) is 0.516. The number of benzene rings is 1. The van der Waals surface area contributed by atoms with E-state index in [0.29, 0.717) is 11.3 Å². The molecule has 0 saturated heterocycles. The van der Waals surface area contributed by atoms with Gasteiger partial charge in [-0.15, -0.1) is 0 Å². The van der Waals surface area contributed by atoms with Crippen LogP contribution in [0.1, 0.15) is 5.56 Å². The van der Waals surface area contributed by atoms with Crippen molar-refractivity contribution in [1.82, 2.24) is 0 Å². The Balaban J connectivity index is 0.000000423. The van der Waals surface area contributed by atoms with Gasteiger partial charge < -0.3 is 21.3 Å². The lowest BCUT2D eigenvalue weighted by molar-refractivity contribution is 0.385. The highest BCUT2D eigenvalue weighted by Gasteiger charge is 2.06. The molecule has 15 heavy (non-hydrogen) atoms. The van der Waals surface area contributed by atoms with Crippen LogP contribution >= 0.6 is 0 Å². The summed E-state index contributed by atoms with van der Waals surface area (Å²) in [6.45, 7) is 1.62. The minimum absolute atomic E-state index is 0.233. The van der Waals surface area contributed by atoms with E-state index in [1.807, 2.05) is 0 Å². The molecule has 0 spiro atoms. The van der Waals surface area contributed by atoms with Gasteiger partial charge in [0.25, 0.3) is 0 Å². The lowest BCUT2D eigenvalue weighted by Crippen LogP contribution is -1.95. The van der Waals surface area contributed by atoms with Gasteiger partial charge in [0.2, 0.25) is 0 Å². The Labute approximate surface area is 87.9 Å². The maximum atomic E-state index is 13.1. The van der Waals surface area contributed by atoms with E-state index in [9.17, 15) is 4.39 Å². The molecule has 0 amide bonds. The number of hydrogen-bond acceptors (Lipinski definition) is 4. The van der Waals surface area contributed by atoms with Crippen LogP contribution in [0.5, 0.6) is 5.75 Å². The van der Waals surface area contributed by atoms with Crippen molar-refractivity contribution in [2.24, 2.45) is 0 Å². The number of halogens is 1. The fourth-order valence-corrected chi connectivity index (χ4v) is 0.833. The molecule has 82 valence electrons. The van der Waals surface area contributed by atoms with E-state index in [-0.39, 0.29) is 11.6 Å². The second-order valence-electron chi connectivity index (χ2n) is 2.63. The Morgan fingerprint density at radius 1 is 1.33 bits per heavy atom. The first-order valence-corrected chi connectivity index (χ1v) is 4.16. The van der Waals surface area contributed by atoms with E-state index in [1.165, 1.54) is 13.2 Å². The molecule has 1 aromatic carbocycles. The highest BCUT2D eigenvalue weighted by molar-refractivity contribution is 6.12. The molecular formula is C10H14FN3O. The molecule has 4 N–H and O–H groups in total. The molecule has 5 heteroatoms. The summed E-state index contributed by atoms with van der Waals surface area (Å²) >= 11 is 0. The van der Waals surface area contributed by atoms with Crippen LogP contribution in [0.25, 0.3) is 0 Å². The van der Waals surface area contributed by atoms with Crippen molar-refractivity contribution in [3.63, 3.8) is 0 Å². The zero-order chi connectivity index (χ0) is 11.8. The Kier molecular flexibility index (Phi) is 5.70. The maximum Gasteiger partial charge on any atom is 0.169 e. The third kappa shape index (κ3) is 3.76. The van der Waals surface area contributed by atoms with Gasteiger partial charge in [-0.3, -0.25) is 0 Å². The van der Waals surface area contributed by atoms with E-state index >= 15 is 0 Å². The molecule has 0 unspecified atom stereocenters. The molecule has 0 radical (unpaired) electrons. The molecule has 0 aromatic heterocycles. The van der Waals surface area contributed by atoms with E-state index < -0.39 is 0 Å². The van der Waals surface area contributed by atoms with Crippen LogP contribution in [0.3, 0.4) is 0 Å². The molecule has 4 nitrogen and oxygen atoms in total. The molecule has 0 aliphatic heterocycles. The van der Waals surface area contributed by atoms with Crippen LogP contribution in [0.4, 0.5) is 10.1 Å². The van der Waals surface area contributed by atoms with Gasteiger partial charge in [-0.25, -0.2) is 4.39 Å². The lowest BCUT2D eigenvalue weighted by Gasteiger charge is -2.05. The van der Waals surface area contributed by atoms with Gasteiger partial charge in [0.1, 0.15) is 0 Å². The first kappa shape index (κ1) is 13.1. The Bertz CT molecular complexity index is 347. The fraction of sp³-hybridized carbons (Fsp3) is 0.200. The second-order valence-corrected chi connectivity index (χ2v) is 2.63. The third-order valence-corrected chi connectivity index (χ3v) is 1.70. The number of nitrogen functional groups attached to an aromatic ring is 1. The number of rotatable bonds is 2. The second kappa shape index (κ2) is 6.53. The van der Waals surface area contributed by atoms with Crippen LogP contribution in [-0.2, 0) is 0 Å². The summed E-state index contributed by atoms with van der Waals surface area (Å²) < 4.78 is 17.8. The molecule has 0 aliphatic carbocycles. The molecule has 0 saturated carbocycles. The van der Waals surface area contributed by atoms with Crippen molar-refractivity contribution in [1.29, 1.82) is 10.8 Å². The monoisotopic (exact) mass is 211 g/mol. The number of nitrogens with two attached hydrogens (primary N) is 1. The Hall–Kier alpha value is -1.91. The predicted molar refractivity (Wildman–Crippen MR) is 59.7 cm³/mol. The number of anilines is 1. The van der Waals surface area contributed by atoms with Gasteiger partial charge in [0.15, 0.2) is 11.6 Å². The summed E-state index contributed by atoms with van der Waals surface area (Å²) in [6.07, 6.45) is 1.83. The first-order chi connectivity index (χ1) is 7.08. The van der Waals surface area contributed by atoms with Crippen molar-refractivity contribution >= 4 is 18.1 Å². The van der Waals surface area contributed by atoms with E-state index in [1.54, 1.807) is 13.0 Å². The van der Waals surface area contributed by atoms with E-state index in [2.05, 4.69) is 0 Å². The lowest BCUT2D eigenvalue weighted by atomic mass is 10.2. The van der Waals surface area contributed by atoms with Crippen molar-refractivity contribution < 1.29 is 9.13 Å². The number of methoxy groups -OCH3 is 1. The van der Waals surface area contributed by atoms with Crippen LogP contribution in [-0.4, -0.2) is 19.5 Å². The minimum Gasteiger partial charge on any atom is -0.494 e. The Morgan fingerprint density at radius 3 is 2.27 bits per heavy atom. The van der Waals surface area contributed by atoms with Gasteiger partial charge in [0, 0.05) is 23.7 Å². The zero-order valence-electron chi connectivity index (χ0n) is 8.67. The van der Waals surface area contributed by atoms with Crippen LogP contribution < -0.4 is 10.5 Å². The topological polar surface area (TPSA) is 83.0 Å². The summed E-state index contributed by atoms with van der Waals surface area (Å²) in [4.78, 5) is 0. The van der Waals surface area contributed by atoms with Crippen molar-refractivity contribution in [3.05, 3.63) is 23.5 Å². The van der Waals surface area contributed by atoms with Gasteiger partial charge in [-0.1, -0.05) is 0 Å². The molecule has 1 aromatic rings. The molecule has 0 bridgehead atoms. The van der Waals surface area contributed by atoms with Crippen LogP contribution in [0.2, 0.25) is 0 Å². The summed E-state index contributed by atoms with van der Waals surface area (Å²) in [5.74, 6) is -0.149. The normalized spacial score (nSPS) is 8.47. The highest BCUT2D eigenvalue weighted by atomic mass is 19.1. The molecule has 0 fully saturated rings. The van der Waals surface area contributed by atoms with Gasteiger partial charge >= 0.3 is 0 Å². The maximum absolute atomic E-state index is 13.1. The number of hydrogen-bond donors (Lipinski definition) is 3. The number of nitrogens with one attached hydrogen (secondary N) is 2. The SMILES string of the molecule is COc1ccc(N)c(C)c1F.N=CC=N.